The summed E-state index contributed by atoms with van der Waals surface area (Å²) in [5.41, 5.74) is 0. The molecule has 0 aliphatic heterocycles. The summed E-state index contributed by atoms with van der Waals surface area (Å²) in [5.74, 6) is -0.195. The van der Waals surface area contributed by atoms with E-state index in [0.717, 1.165) is 38.5 Å². The van der Waals surface area contributed by atoms with Crippen LogP contribution in [0.5, 0.6) is 0 Å². The number of allylic oxidation sites excluding steroid dienone is 1. The smallest absolute Gasteiger partial charge is 0.268 e. The summed E-state index contributed by atoms with van der Waals surface area (Å²) < 4.78 is 23.2. The summed E-state index contributed by atoms with van der Waals surface area (Å²) in [7, 11) is 1.27. The van der Waals surface area contributed by atoms with Crippen LogP contribution in [0.25, 0.3) is 0 Å². The molecule has 0 heterocycles. The van der Waals surface area contributed by atoms with Gasteiger partial charge in [-0.25, -0.2) is 0 Å². The van der Waals surface area contributed by atoms with E-state index in [9.17, 15) is 19.4 Å². The molecule has 0 rings (SSSR count). The molecule has 0 aliphatic rings. The van der Waals surface area contributed by atoms with Gasteiger partial charge in [0.2, 0.25) is 5.91 Å². The van der Waals surface area contributed by atoms with Crippen LogP contribution in [0, 0.1) is 0 Å². The molecule has 0 aromatic heterocycles. The molecule has 3 unspecified atom stereocenters. The third-order valence-electron chi connectivity index (χ3n) is 10.2. The second-order valence-electron chi connectivity index (χ2n) is 16.8. The van der Waals surface area contributed by atoms with Crippen molar-refractivity contribution in [3.05, 3.63) is 12.2 Å². The van der Waals surface area contributed by atoms with Crippen molar-refractivity contribution in [3.63, 3.8) is 0 Å². The molecule has 0 bridgehead atoms. The number of nitrogens with zero attached hydrogens (tertiary/aromatic N) is 1. The van der Waals surface area contributed by atoms with E-state index in [1.54, 1.807) is 6.08 Å². The molecule has 0 aliphatic carbocycles. The van der Waals surface area contributed by atoms with Gasteiger partial charge >= 0.3 is 0 Å². The predicted molar refractivity (Wildman–Crippen MR) is 224 cm³/mol. The van der Waals surface area contributed by atoms with Gasteiger partial charge in [0.1, 0.15) is 13.2 Å². The number of phosphoric ester groups is 1. The number of hydrogen-bond donors (Lipinski definition) is 2. The minimum absolute atomic E-state index is 0.00212. The first kappa shape index (κ1) is 52.2. The number of likely N-dealkylation sites (N-methyl/N-ethyl adjacent to an activating group) is 1. The molecule has 0 aromatic rings. The average molecular weight is 773 g/mol. The minimum Gasteiger partial charge on any atom is -0.756 e. The van der Waals surface area contributed by atoms with Crippen LogP contribution >= 0.6 is 7.82 Å². The zero-order valence-electron chi connectivity index (χ0n) is 35.7. The van der Waals surface area contributed by atoms with Crippen LogP contribution in [-0.4, -0.2) is 68.5 Å². The number of quaternary nitrogens is 1. The molecule has 2 N–H and O–H groups in total. The molecule has 0 fully saturated rings. The van der Waals surface area contributed by atoms with Crippen molar-refractivity contribution >= 4 is 13.7 Å². The SMILES string of the molecule is CCCCCCCCCCCCCCCCC/C=C/C(O)C(COP(=O)([O-])OCC[N+](C)(C)C)NC(=O)CCCCCCCCCCCCCCCC. The number of carbonyl (C=O) groups excluding carboxylic acids is 1. The van der Waals surface area contributed by atoms with Crippen LogP contribution in [0.15, 0.2) is 12.2 Å². The lowest BCUT2D eigenvalue weighted by Crippen LogP contribution is -2.45. The number of amides is 1. The normalized spacial score (nSPS) is 14.5. The number of rotatable bonds is 41. The quantitative estimate of drug-likeness (QED) is 0.0277. The van der Waals surface area contributed by atoms with Crippen molar-refractivity contribution in [3.8, 4) is 0 Å². The molecule has 0 spiro atoms. The zero-order chi connectivity index (χ0) is 39.3. The predicted octanol–water partition coefficient (Wildman–Crippen LogP) is 11.7. The van der Waals surface area contributed by atoms with E-state index in [4.69, 9.17) is 9.05 Å². The summed E-state index contributed by atoms with van der Waals surface area (Å²) in [4.78, 5) is 25.3. The number of aliphatic hydroxyl groups excluding tert-OH is 1. The first-order valence-corrected chi connectivity index (χ1v) is 24.0. The second-order valence-corrected chi connectivity index (χ2v) is 18.2. The van der Waals surface area contributed by atoms with Crippen LogP contribution in [0.2, 0.25) is 0 Å². The molecule has 0 aromatic carbocycles. The van der Waals surface area contributed by atoms with Crippen LogP contribution in [0.1, 0.15) is 213 Å². The van der Waals surface area contributed by atoms with Crippen molar-refractivity contribution in [2.45, 2.75) is 225 Å². The molecule has 1 amide bonds. The summed E-state index contributed by atoms with van der Waals surface area (Å²) in [6.45, 7) is 4.66. The number of carbonyl (C=O) groups is 1. The van der Waals surface area contributed by atoms with Gasteiger partial charge in [-0.2, -0.15) is 0 Å². The summed E-state index contributed by atoms with van der Waals surface area (Å²) >= 11 is 0. The summed E-state index contributed by atoms with van der Waals surface area (Å²) in [5, 5.41) is 13.8. The maximum Gasteiger partial charge on any atom is 0.268 e. The van der Waals surface area contributed by atoms with Crippen molar-refractivity contribution < 1.29 is 32.9 Å². The van der Waals surface area contributed by atoms with E-state index in [1.165, 1.54) is 154 Å². The standard InChI is InChI=1S/C44H89N2O6P/c1-6-8-10-12-14-16-18-20-22-23-24-25-27-29-31-33-35-37-43(47)42(41-52-53(49,50)51-40-39-46(3,4)5)45-44(48)38-36-34-32-30-28-26-21-19-17-15-13-11-9-7-2/h35,37,42-43,47H,6-34,36,38-41H2,1-5H3,(H-,45,48,49,50)/b37-35+. The third kappa shape index (κ3) is 39.3. The highest BCUT2D eigenvalue weighted by Crippen LogP contribution is 2.38. The van der Waals surface area contributed by atoms with Gasteiger partial charge in [0.25, 0.3) is 7.82 Å². The molecular weight excluding hydrogens is 683 g/mol. The minimum atomic E-state index is -4.58. The Morgan fingerprint density at radius 2 is 1.02 bits per heavy atom. The van der Waals surface area contributed by atoms with Crippen molar-refractivity contribution in [1.29, 1.82) is 0 Å². The Bertz CT molecular complexity index is 880. The highest BCUT2D eigenvalue weighted by atomic mass is 31.2. The van der Waals surface area contributed by atoms with Gasteiger partial charge in [-0.05, 0) is 19.3 Å². The van der Waals surface area contributed by atoms with Crippen LogP contribution < -0.4 is 10.2 Å². The highest BCUT2D eigenvalue weighted by Gasteiger charge is 2.23. The van der Waals surface area contributed by atoms with Crippen LogP contribution in [-0.2, 0) is 18.4 Å². The van der Waals surface area contributed by atoms with E-state index in [0.29, 0.717) is 17.4 Å². The number of phosphoric acid groups is 1. The van der Waals surface area contributed by atoms with E-state index in [2.05, 4.69) is 19.2 Å². The Labute approximate surface area is 329 Å². The second kappa shape index (κ2) is 36.9. The molecular formula is C44H89N2O6P. The van der Waals surface area contributed by atoms with Crippen molar-refractivity contribution in [2.24, 2.45) is 0 Å². The number of unbranched alkanes of at least 4 members (excludes halogenated alkanes) is 28. The Morgan fingerprint density at radius 3 is 1.42 bits per heavy atom. The lowest BCUT2D eigenvalue weighted by Gasteiger charge is -2.29. The lowest BCUT2D eigenvalue weighted by atomic mass is 10.0. The molecule has 3 atom stereocenters. The topological polar surface area (TPSA) is 108 Å². The average Bonchev–Trinajstić information content (AvgIpc) is 3.10. The Hall–Kier alpha value is -0.760. The van der Waals surface area contributed by atoms with E-state index in [-0.39, 0.29) is 19.1 Å². The van der Waals surface area contributed by atoms with Crippen LogP contribution in [0.4, 0.5) is 0 Å². The van der Waals surface area contributed by atoms with Gasteiger partial charge in [-0.1, -0.05) is 199 Å². The summed E-state index contributed by atoms with van der Waals surface area (Å²) in [6.07, 6.45) is 41.0. The Balaban J connectivity index is 4.40. The largest absolute Gasteiger partial charge is 0.756 e. The fourth-order valence-electron chi connectivity index (χ4n) is 6.62. The third-order valence-corrected chi connectivity index (χ3v) is 11.2. The first-order valence-electron chi connectivity index (χ1n) is 22.6. The molecule has 0 radical (unpaired) electrons. The lowest BCUT2D eigenvalue weighted by molar-refractivity contribution is -0.870. The Morgan fingerprint density at radius 1 is 0.642 bits per heavy atom. The zero-order valence-corrected chi connectivity index (χ0v) is 36.6. The summed E-state index contributed by atoms with van der Waals surface area (Å²) in [6, 6.07) is -0.879. The molecule has 53 heavy (non-hydrogen) atoms. The van der Waals surface area contributed by atoms with Gasteiger partial charge in [0.05, 0.1) is 39.9 Å². The maximum atomic E-state index is 12.8. The van der Waals surface area contributed by atoms with Gasteiger partial charge in [0, 0.05) is 6.42 Å². The highest BCUT2D eigenvalue weighted by molar-refractivity contribution is 7.45. The van der Waals surface area contributed by atoms with E-state index >= 15 is 0 Å². The van der Waals surface area contributed by atoms with E-state index < -0.39 is 20.0 Å². The molecule has 0 saturated heterocycles. The van der Waals surface area contributed by atoms with Crippen LogP contribution in [0.3, 0.4) is 0 Å². The number of nitrogens with one attached hydrogen (secondary N) is 1. The van der Waals surface area contributed by atoms with E-state index in [1.807, 2.05) is 27.2 Å². The monoisotopic (exact) mass is 773 g/mol. The molecule has 9 heteroatoms. The molecule has 0 saturated carbocycles. The fraction of sp³-hybridized carbons (Fsp3) is 0.932. The number of aliphatic hydroxyl groups is 1. The Kier molecular flexibility index (Phi) is 36.3. The number of hydrogen-bond acceptors (Lipinski definition) is 6. The van der Waals surface area contributed by atoms with Crippen molar-refractivity contribution in [1.82, 2.24) is 5.32 Å². The van der Waals surface area contributed by atoms with Gasteiger partial charge < -0.3 is 28.8 Å². The van der Waals surface area contributed by atoms with Gasteiger partial charge in [-0.3, -0.25) is 9.36 Å². The maximum absolute atomic E-state index is 12.8. The molecule has 8 nitrogen and oxygen atoms in total. The molecule has 316 valence electrons. The van der Waals surface area contributed by atoms with Gasteiger partial charge in [0.15, 0.2) is 0 Å². The fourth-order valence-corrected chi connectivity index (χ4v) is 7.35. The van der Waals surface area contributed by atoms with Crippen molar-refractivity contribution in [2.75, 3.05) is 40.9 Å². The first-order chi connectivity index (χ1) is 25.5. The van der Waals surface area contributed by atoms with Gasteiger partial charge in [-0.15, -0.1) is 0 Å².